The van der Waals surface area contributed by atoms with Gasteiger partial charge in [-0.05, 0) is 37.9 Å². The Balaban J connectivity index is 2.11. The summed E-state index contributed by atoms with van der Waals surface area (Å²) >= 11 is 8.43. The molecule has 1 atom stereocenters. The van der Waals surface area contributed by atoms with Crippen LogP contribution in [-0.4, -0.2) is 41.0 Å². The molecular formula is C11H12Br2N2O3S. The van der Waals surface area contributed by atoms with Crippen molar-refractivity contribution in [2.24, 2.45) is 0 Å². The minimum Gasteiger partial charge on any atom is -0.481 e. The first kappa shape index (κ1) is 15.0. The Hall–Kier alpha value is -0.440. The fraction of sp³-hybridized carbons (Fsp3) is 0.455. The number of carboxylic acids is 1. The highest BCUT2D eigenvalue weighted by molar-refractivity contribution is 9.13. The van der Waals surface area contributed by atoms with Gasteiger partial charge in [-0.1, -0.05) is 0 Å². The summed E-state index contributed by atoms with van der Waals surface area (Å²) in [5.41, 5.74) is 0. The van der Waals surface area contributed by atoms with Crippen molar-refractivity contribution in [1.82, 2.24) is 10.2 Å². The number of thiophene rings is 1. The molecule has 1 unspecified atom stereocenters. The zero-order chi connectivity index (χ0) is 14.0. The first-order valence-electron chi connectivity index (χ1n) is 5.64. The van der Waals surface area contributed by atoms with Crippen LogP contribution < -0.4 is 5.32 Å². The zero-order valence-corrected chi connectivity index (χ0v) is 13.8. The summed E-state index contributed by atoms with van der Waals surface area (Å²) in [6.07, 6.45) is -0.167. The van der Waals surface area contributed by atoms with E-state index in [1.165, 1.54) is 0 Å². The van der Waals surface area contributed by atoms with E-state index in [2.05, 4.69) is 37.2 Å². The van der Waals surface area contributed by atoms with E-state index in [0.29, 0.717) is 19.6 Å². The van der Waals surface area contributed by atoms with Crippen LogP contribution in [0.3, 0.4) is 0 Å². The molecular weight excluding hydrogens is 400 g/mol. The number of halogens is 2. The number of carbonyl (C=O) groups is 2. The number of aliphatic carboxylic acids is 1. The Labute approximate surface area is 131 Å². The molecule has 1 aromatic heterocycles. The third-order valence-corrected chi connectivity index (χ3v) is 6.11. The van der Waals surface area contributed by atoms with Crippen molar-refractivity contribution in [2.45, 2.75) is 19.0 Å². The molecule has 2 rings (SSSR count). The maximum absolute atomic E-state index is 11.8. The highest BCUT2D eigenvalue weighted by atomic mass is 79.9. The predicted molar refractivity (Wildman–Crippen MR) is 79.2 cm³/mol. The summed E-state index contributed by atoms with van der Waals surface area (Å²) in [7, 11) is 0. The lowest BCUT2D eigenvalue weighted by atomic mass is 10.1. The van der Waals surface area contributed by atoms with Crippen molar-refractivity contribution in [3.63, 3.8) is 0 Å². The van der Waals surface area contributed by atoms with Crippen molar-refractivity contribution in [3.8, 4) is 0 Å². The van der Waals surface area contributed by atoms with E-state index in [-0.39, 0.29) is 12.3 Å². The fourth-order valence-corrected chi connectivity index (χ4v) is 4.21. The van der Waals surface area contributed by atoms with Crippen LogP contribution in [0.15, 0.2) is 14.3 Å². The van der Waals surface area contributed by atoms with Gasteiger partial charge in [0.15, 0.2) is 0 Å². The van der Waals surface area contributed by atoms with E-state index in [1.807, 2.05) is 11.0 Å². The van der Waals surface area contributed by atoms with Crippen LogP contribution in [-0.2, 0) is 16.1 Å². The van der Waals surface area contributed by atoms with Gasteiger partial charge in [0.25, 0.3) is 0 Å². The van der Waals surface area contributed by atoms with E-state index in [0.717, 1.165) is 13.1 Å². The number of amides is 1. The lowest BCUT2D eigenvalue weighted by molar-refractivity contribution is -0.143. The van der Waals surface area contributed by atoms with E-state index >= 15 is 0 Å². The molecule has 1 saturated heterocycles. The Morgan fingerprint density at radius 3 is 2.89 bits per heavy atom. The molecule has 1 aromatic rings. The Kier molecular flexibility index (Phi) is 4.99. The van der Waals surface area contributed by atoms with Crippen LogP contribution in [0.25, 0.3) is 0 Å². The fourth-order valence-electron chi connectivity index (χ4n) is 2.01. The summed E-state index contributed by atoms with van der Waals surface area (Å²) in [5.74, 6) is -1.16. The predicted octanol–water partition coefficient (Wildman–Crippen LogP) is 2.05. The number of nitrogens with one attached hydrogen (secondary N) is 1. The molecule has 19 heavy (non-hydrogen) atoms. The molecule has 104 valence electrons. The lowest BCUT2D eigenvalue weighted by Crippen LogP contribution is -2.55. The molecule has 2 N–H and O–H groups in total. The smallest absolute Gasteiger partial charge is 0.305 e. The van der Waals surface area contributed by atoms with Gasteiger partial charge in [0, 0.05) is 29.0 Å². The van der Waals surface area contributed by atoms with Crippen molar-refractivity contribution in [2.75, 3.05) is 13.1 Å². The number of carboxylic acid groups (broad SMARTS) is 1. The molecule has 0 aromatic carbocycles. The van der Waals surface area contributed by atoms with Gasteiger partial charge in [-0.3, -0.25) is 14.5 Å². The van der Waals surface area contributed by atoms with E-state index < -0.39 is 12.0 Å². The summed E-state index contributed by atoms with van der Waals surface area (Å²) in [6.45, 7) is 1.81. The Morgan fingerprint density at radius 1 is 1.58 bits per heavy atom. The summed E-state index contributed by atoms with van der Waals surface area (Å²) in [6, 6.07) is 1.39. The van der Waals surface area contributed by atoms with Gasteiger partial charge in [0.2, 0.25) is 5.91 Å². The van der Waals surface area contributed by atoms with Gasteiger partial charge in [-0.2, -0.15) is 0 Å². The lowest BCUT2D eigenvalue weighted by Gasteiger charge is -2.33. The van der Waals surface area contributed by atoms with Gasteiger partial charge < -0.3 is 10.4 Å². The summed E-state index contributed by atoms with van der Waals surface area (Å²) < 4.78 is 1.97. The molecule has 1 aliphatic heterocycles. The number of piperazine rings is 1. The highest BCUT2D eigenvalue weighted by Gasteiger charge is 2.31. The number of rotatable bonds is 4. The second kappa shape index (κ2) is 6.34. The molecule has 0 bridgehead atoms. The second-order valence-electron chi connectivity index (χ2n) is 4.21. The maximum Gasteiger partial charge on any atom is 0.305 e. The van der Waals surface area contributed by atoms with Crippen LogP contribution in [0, 0.1) is 0 Å². The number of nitrogens with zero attached hydrogens (tertiary/aromatic N) is 1. The number of hydrogen-bond acceptors (Lipinski definition) is 4. The van der Waals surface area contributed by atoms with Crippen molar-refractivity contribution < 1.29 is 14.7 Å². The molecule has 5 nitrogen and oxygen atoms in total. The first-order chi connectivity index (χ1) is 8.97. The molecule has 1 aliphatic rings. The summed E-state index contributed by atoms with van der Waals surface area (Å²) in [4.78, 5) is 25.6. The van der Waals surface area contributed by atoms with Crippen LogP contribution in [0.4, 0.5) is 0 Å². The molecule has 0 spiro atoms. The van der Waals surface area contributed by atoms with Crippen molar-refractivity contribution in [3.05, 3.63) is 19.2 Å². The maximum atomic E-state index is 11.8. The summed E-state index contributed by atoms with van der Waals surface area (Å²) in [5, 5.41) is 11.6. The van der Waals surface area contributed by atoms with Crippen LogP contribution in [0.1, 0.15) is 11.3 Å². The van der Waals surface area contributed by atoms with E-state index in [1.54, 1.807) is 11.3 Å². The average Bonchev–Trinajstić information content (AvgIpc) is 2.62. The van der Waals surface area contributed by atoms with Gasteiger partial charge in [-0.25, -0.2) is 0 Å². The molecule has 1 amide bonds. The molecule has 0 saturated carbocycles. The minimum absolute atomic E-state index is 0.167. The van der Waals surface area contributed by atoms with Gasteiger partial charge >= 0.3 is 5.97 Å². The van der Waals surface area contributed by atoms with Crippen molar-refractivity contribution >= 4 is 55.1 Å². The second-order valence-corrected chi connectivity index (χ2v) is 7.52. The standard InChI is InChI=1S/C11H12Br2N2O3S/c12-7-3-6(19-10(7)13)5-15-2-1-14-11(18)8(15)4-9(16)17/h3,8H,1-2,4-5H2,(H,14,18)(H,16,17). The van der Waals surface area contributed by atoms with Crippen LogP contribution in [0.5, 0.6) is 0 Å². The number of carbonyl (C=O) groups excluding carboxylic acids is 1. The van der Waals surface area contributed by atoms with Gasteiger partial charge in [0.1, 0.15) is 6.04 Å². The topological polar surface area (TPSA) is 69.6 Å². The quantitative estimate of drug-likeness (QED) is 0.795. The Morgan fingerprint density at radius 2 is 2.32 bits per heavy atom. The first-order valence-corrected chi connectivity index (χ1v) is 8.05. The molecule has 1 fully saturated rings. The van der Waals surface area contributed by atoms with E-state index in [9.17, 15) is 9.59 Å². The largest absolute Gasteiger partial charge is 0.481 e. The Bertz CT molecular complexity index is 487. The van der Waals surface area contributed by atoms with Gasteiger partial charge in [-0.15, -0.1) is 11.3 Å². The molecule has 2 heterocycles. The molecule has 0 aliphatic carbocycles. The average molecular weight is 412 g/mol. The SMILES string of the molecule is O=C(O)CC1C(=O)NCCN1Cc1cc(Br)c(Br)s1. The third kappa shape index (κ3) is 3.77. The number of hydrogen-bond donors (Lipinski definition) is 2. The van der Waals surface area contributed by atoms with Gasteiger partial charge in [0.05, 0.1) is 10.2 Å². The molecule has 0 radical (unpaired) electrons. The minimum atomic E-state index is -0.958. The highest BCUT2D eigenvalue weighted by Crippen LogP contribution is 2.33. The van der Waals surface area contributed by atoms with E-state index in [4.69, 9.17) is 5.11 Å². The zero-order valence-electron chi connectivity index (χ0n) is 9.86. The molecule has 8 heteroatoms. The normalized spacial score (nSPS) is 20.3. The van der Waals surface area contributed by atoms with Crippen LogP contribution in [0.2, 0.25) is 0 Å². The monoisotopic (exact) mass is 410 g/mol. The van der Waals surface area contributed by atoms with Crippen LogP contribution >= 0.6 is 43.2 Å². The van der Waals surface area contributed by atoms with Crippen molar-refractivity contribution in [1.29, 1.82) is 0 Å². The third-order valence-electron chi connectivity index (χ3n) is 2.86.